The number of ether oxygens (including phenoxy) is 4. The molecule has 2 aliphatic heterocycles. The second-order valence-electron chi connectivity index (χ2n) is 14.2. The monoisotopic (exact) mass is 683 g/mol. The normalized spacial score (nSPS) is 22.0. The number of nitrogens with zero attached hydrogens (tertiary/aromatic N) is 2. The third-order valence-corrected chi connectivity index (χ3v) is 7.97. The van der Waals surface area contributed by atoms with Crippen molar-refractivity contribution in [2.45, 2.75) is 105 Å². The number of rotatable bonds is 7. The summed E-state index contributed by atoms with van der Waals surface area (Å²) in [6.07, 6.45) is 0.794. The number of hydrogen-bond acceptors (Lipinski definition) is 8. The summed E-state index contributed by atoms with van der Waals surface area (Å²) in [7, 11) is 0. The van der Waals surface area contributed by atoms with Crippen LogP contribution in [0.15, 0.2) is 30.3 Å². The van der Waals surface area contributed by atoms with Gasteiger partial charge in [-0.2, -0.15) is 0 Å². The van der Waals surface area contributed by atoms with Gasteiger partial charge in [0.2, 0.25) is 0 Å². The van der Waals surface area contributed by atoms with Crippen LogP contribution < -0.4 is 17.7 Å². The van der Waals surface area contributed by atoms with Crippen molar-refractivity contribution < 1.29 is 55.8 Å². The van der Waals surface area contributed by atoms with E-state index in [2.05, 4.69) is 24.4 Å². The topological polar surface area (TPSA) is 128 Å². The van der Waals surface area contributed by atoms with E-state index in [1.54, 1.807) is 23.6 Å². The van der Waals surface area contributed by atoms with Crippen molar-refractivity contribution in [1.82, 2.24) is 9.80 Å². The number of halogens is 1. The van der Waals surface area contributed by atoms with E-state index in [9.17, 15) is 19.2 Å². The van der Waals surface area contributed by atoms with Gasteiger partial charge in [-0.3, -0.25) is 9.59 Å². The maximum absolute atomic E-state index is 12.6. The number of nitrogens with two attached hydrogens (primary N) is 1. The number of likely N-dealkylation sites (tertiary alicyclic amines) is 2. The molecule has 3 rings (SSSR count). The molecule has 12 heteroatoms. The summed E-state index contributed by atoms with van der Waals surface area (Å²) in [6, 6.07) is 10.5. The zero-order valence-electron chi connectivity index (χ0n) is 30.0. The van der Waals surface area contributed by atoms with E-state index in [1.807, 2.05) is 66.7 Å². The van der Waals surface area contributed by atoms with E-state index in [0.717, 1.165) is 12.8 Å². The summed E-state index contributed by atoms with van der Waals surface area (Å²) in [6.45, 7) is 21.4. The summed E-state index contributed by atoms with van der Waals surface area (Å²) in [5.74, 6) is -0.841. The van der Waals surface area contributed by atoms with E-state index in [-0.39, 0.29) is 66.4 Å². The smallest absolute Gasteiger partial charge is 0.410 e. The molecule has 0 bridgehead atoms. The average Bonchev–Trinajstić information content (AvgIpc) is 2.96. The maximum Gasteiger partial charge on any atom is 0.410 e. The van der Waals surface area contributed by atoms with Gasteiger partial charge in [0.05, 0.1) is 19.1 Å². The number of carbonyl (C=O) groups excluding carboxylic acids is 4. The van der Waals surface area contributed by atoms with Crippen LogP contribution in [0.25, 0.3) is 0 Å². The lowest BCUT2D eigenvalue weighted by Crippen LogP contribution is -3.00. The number of piperidine rings is 2. The predicted octanol–water partition coefficient (Wildman–Crippen LogP) is 1.95. The molecule has 2 amide bonds. The number of hydrogen-bond donors (Lipinski definition) is 1. The third kappa shape index (κ3) is 14.3. The Morgan fingerprint density at radius 2 is 1.23 bits per heavy atom. The van der Waals surface area contributed by atoms with Crippen LogP contribution in [0.2, 0.25) is 0 Å². The van der Waals surface area contributed by atoms with Gasteiger partial charge in [0.25, 0.3) is 0 Å². The molecule has 2 aliphatic rings. The first-order valence-corrected chi connectivity index (χ1v) is 16.6. The first-order valence-electron chi connectivity index (χ1n) is 16.6. The Hall–Kier alpha value is -3.05. The summed E-state index contributed by atoms with van der Waals surface area (Å²) in [5.41, 5.74) is 0.149. The van der Waals surface area contributed by atoms with E-state index in [0.29, 0.717) is 39.4 Å². The fourth-order valence-electron chi connectivity index (χ4n) is 5.55. The summed E-state index contributed by atoms with van der Waals surface area (Å²) >= 11 is 0. The van der Waals surface area contributed by atoms with Gasteiger partial charge in [-0.1, -0.05) is 37.3 Å². The molecule has 0 aromatic heterocycles. The number of esters is 2. The van der Waals surface area contributed by atoms with Crippen molar-refractivity contribution in [3.05, 3.63) is 35.9 Å². The molecule has 0 radical (unpaired) electrons. The van der Waals surface area contributed by atoms with Crippen molar-refractivity contribution in [1.29, 1.82) is 0 Å². The predicted molar refractivity (Wildman–Crippen MR) is 175 cm³/mol. The molecule has 2 heterocycles. The number of benzene rings is 1. The minimum atomic E-state index is -0.554. The highest BCUT2D eigenvalue weighted by Gasteiger charge is 2.41. The van der Waals surface area contributed by atoms with Gasteiger partial charge in [0, 0.05) is 38.2 Å². The molecule has 2 saturated heterocycles. The van der Waals surface area contributed by atoms with Gasteiger partial charge < -0.3 is 46.5 Å². The Bertz CT molecular complexity index is 1140. The third-order valence-electron chi connectivity index (χ3n) is 7.97. The summed E-state index contributed by atoms with van der Waals surface area (Å²) in [4.78, 5) is 52.1. The lowest BCUT2D eigenvalue weighted by Gasteiger charge is -2.37. The highest BCUT2D eigenvalue weighted by atomic mass is 35.5. The van der Waals surface area contributed by atoms with Crippen LogP contribution in [0.3, 0.4) is 0 Å². The minimum Gasteiger partial charge on any atom is -1.00 e. The molecule has 1 aromatic rings. The van der Waals surface area contributed by atoms with Gasteiger partial charge >= 0.3 is 24.1 Å². The maximum atomic E-state index is 12.6. The molecule has 11 nitrogen and oxygen atoms in total. The lowest BCUT2D eigenvalue weighted by molar-refractivity contribution is -0.731. The van der Waals surface area contributed by atoms with E-state index >= 15 is 0 Å². The number of quaternary nitrogens is 1. The second-order valence-corrected chi connectivity index (χ2v) is 14.2. The molecular formula is C35H58ClN3O8. The minimum absolute atomic E-state index is 0. The van der Waals surface area contributed by atoms with Gasteiger partial charge in [0.1, 0.15) is 29.2 Å². The van der Waals surface area contributed by atoms with Crippen LogP contribution in [0.1, 0.15) is 93.7 Å². The van der Waals surface area contributed by atoms with Crippen molar-refractivity contribution >= 4 is 24.1 Å². The van der Waals surface area contributed by atoms with Gasteiger partial charge in [-0.05, 0) is 74.7 Å². The molecule has 1 aromatic carbocycles. The molecule has 2 fully saturated rings. The Morgan fingerprint density at radius 3 is 1.70 bits per heavy atom. The quantitative estimate of drug-likeness (QED) is 0.341. The second kappa shape index (κ2) is 19.1. The SMILES string of the molecule is CCOC(=O)C1CN(C(=O)OC(C)(C)C)CCC1[NH2+][C@H](C)c1ccccc1.CCOC(=O)[C@@H]1CN(C(=O)OC(C)(C)C)CC[C@H]1C.[Cl-]. The van der Waals surface area contributed by atoms with Crippen LogP contribution in [0, 0.1) is 17.8 Å². The highest BCUT2D eigenvalue weighted by molar-refractivity contribution is 5.76. The number of carbonyl (C=O) groups is 4. The van der Waals surface area contributed by atoms with Crippen LogP contribution in [0.4, 0.5) is 9.59 Å². The molecular weight excluding hydrogens is 626 g/mol. The van der Waals surface area contributed by atoms with Crippen molar-refractivity contribution in [2.75, 3.05) is 39.4 Å². The van der Waals surface area contributed by atoms with E-state index in [4.69, 9.17) is 18.9 Å². The molecule has 5 atom stereocenters. The van der Waals surface area contributed by atoms with Crippen molar-refractivity contribution in [3.8, 4) is 0 Å². The Kier molecular flexibility index (Phi) is 17.0. The Balaban J connectivity index is 0.000000488. The zero-order valence-corrected chi connectivity index (χ0v) is 30.8. The van der Waals surface area contributed by atoms with Crippen molar-refractivity contribution in [3.63, 3.8) is 0 Å². The first kappa shape index (κ1) is 42.0. The standard InChI is InChI=1S/C21H32N2O4.C14H25NO4.ClH/c1-6-26-19(24)17-14-23(20(25)27-21(3,4)5)13-12-18(17)22-15(2)16-10-8-7-9-11-16;1-6-18-12(16)11-9-15(8-7-10(11)2)13(17)19-14(3,4)5;/h7-11,15,17-18,22H,6,12-14H2,1-5H3;10-11H,6-9H2,1-5H3;1H/t15-,17?,18?;10-,11-;/m11./s1. The van der Waals surface area contributed by atoms with Gasteiger partial charge in [-0.25, -0.2) is 9.59 Å². The van der Waals surface area contributed by atoms with Crippen LogP contribution in [-0.4, -0.2) is 90.6 Å². The first-order chi connectivity index (χ1) is 21.5. The lowest BCUT2D eigenvalue weighted by atomic mass is 9.87. The van der Waals surface area contributed by atoms with Crippen molar-refractivity contribution in [2.24, 2.45) is 17.8 Å². The van der Waals surface area contributed by atoms with Crippen LogP contribution in [-0.2, 0) is 28.5 Å². The highest BCUT2D eigenvalue weighted by Crippen LogP contribution is 2.26. The molecule has 0 saturated carbocycles. The van der Waals surface area contributed by atoms with Crippen LogP contribution >= 0.6 is 0 Å². The molecule has 0 aliphatic carbocycles. The molecule has 0 spiro atoms. The van der Waals surface area contributed by atoms with E-state index in [1.165, 1.54) is 5.56 Å². The molecule has 2 N–H and O–H groups in total. The summed E-state index contributed by atoms with van der Waals surface area (Å²) < 4.78 is 21.2. The molecule has 2 unspecified atom stereocenters. The number of amides is 2. The van der Waals surface area contributed by atoms with Crippen LogP contribution in [0.5, 0.6) is 0 Å². The Labute approximate surface area is 287 Å². The van der Waals surface area contributed by atoms with E-state index < -0.39 is 11.2 Å². The molecule has 47 heavy (non-hydrogen) atoms. The fraction of sp³-hybridized carbons (Fsp3) is 0.714. The largest absolute Gasteiger partial charge is 1.00 e. The molecule has 268 valence electrons. The van der Waals surface area contributed by atoms with Gasteiger partial charge in [-0.15, -0.1) is 0 Å². The summed E-state index contributed by atoms with van der Waals surface area (Å²) in [5, 5.41) is 2.23. The fourth-order valence-corrected chi connectivity index (χ4v) is 5.55. The average molecular weight is 684 g/mol. The Morgan fingerprint density at radius 1 is 0.787 bits per heavy atom. The van der Waals surface area contributed by atoms with Gasteiger partial charge in [0.15, 0.2) is 0 Å². The zero-order chi connectivity index (χ0) is 34.7.